The van der Waals surface area contributed by atoms with Crippen molar-refractivity contribution in [3.05, 3.63) is 57.8 Å². The Balaban J connectivity index is 1.32. The van der Waals surface area contributed by atoms with Gasteiger partial charge in [-0.25, -0.2) is 4.79 Å². The molecule has 0 bridgehead atoms. The summed E-state index contributed by atoms with van der Waals surface area (Å²) < 4.78 is 7.01. The first-order valence-corrected chi connectivity index (χ1v) is 11.9. The molecule has 5 nitrogen and oxygen atoms in total. The number of carbonyl (C=O) groups is 1. The van der Waals surface area contributed by atoms with Crippen LogP contribution in [0.15, 0.2) is 29.7 Å². The maximum atomic E-state index is 12.0. The first-order chi connectivity index (χ1) is 14.5. The normalized spacial score (nSPS) is 21.1. The van der Waals surface area contributed by atoms with Gasteiger partial charge in [-0.15, -0.1) is 11.8 Å². The van der Waals surface area contributed by atoms with E-state index in [0.29, 0.717) is 12.3 Å². The number of benzene rings is 1. The number of nitrogens with zero attached hydrogens (tertiary/aromatic N) is 3. The van der Waals surface area contributed by atoms with Gasteiger partial charge in [-0.3, -0.25) is 4.68 Å². The van der Waals surface area contributed by atoms with E-state index < -0.39 is 0 Å². The Kier molecular flexibility index (Phi) is 5.13. The third-order valence-corrected chi connectivity index (χ3v) is 7.50. The summed E-state index contributed by atoms with van der Waals surface area (Å²) in [5.41, 5.74) is 7.17. The van der Waals surface area contributed by atoms with Crippen LogP contribution >= 0.6 is 11.8 Å². The molecule has 30 heavy (non-hydrogen) atoms. The molecule has 1 unspecified atom stereocenters. The van der Waals surface area contributed by atoms with E-state index in [1.807, 2.05) is 36.4 Å². The monoisotopic (exact) mass is 423 g/mol. The Morgan fingerprint density at radius 2 is 1.90 bits per heavy atom. The van der Waals surface area contributed by atoms with Crippen LogP contribution in [0.4, 0.5) is 0 Å². The van der Waals surface area contributed by atoms with E-state index in [4.69, 9.17) is 4.74 Å². The van der Waals surface area contributed by atoms with Crippen molar-refractivity contribution in [1.82, 2.24) is 14.7 Å². The molecule has 1 aromatic heterocycles. The van der Waals surface area contributed by atoms with Crippen molar-refractivity contribution in [3.63, 3.8) is 0 Å². The Morgan fingerprint density at radius 1 is 1.17 bits per heavy atom. The number of aryl methyl sites for hydroxylation is 1. The standard InChI is InChI=1S/C24H29N3O2S/c1-4-29-24(28)21-11-15(2)27(25-21)13-23-26(3)22(14-30-23)18-9-10-19(16-5-6-16)20(12-18)17-7-8-17/h9-12,14,16-17,23H,4-8,13H2,1-3H3. The lowest BCUT2D eigenvalue weighted by Crippen LogP contribution is -2.28. The van der Waals surface area contributed by atoms with Crippen molar-refractivity contribution in [2.75, 3.05) is 13.7 Å². The number of aromatic nitrogens is 2. The van der Waals surface area contributed by atoms with E-state index in [0.717, 1.165) is 24.1 Å². The summed E-state index contributed by atoms with van der Waals surface area (Å²) in [6, 6.07) is 8.96. The quantitative estimate of drug-likeness (QED) is 0.578. The number of hydrogen-bond acceptors (Lipinski definition) is 5. The molecule has 1 aromatic carbocycles. The molecule has 2 saturated carbocycles. The van der Waals surface area contributed by atoms with Crippen LogP contribution in [0.2, 0.25) is 0 Å². The van der Waals surface area contributed by atoms with Crippen LogP contribution in [0.25, 0.3) is 5.70 Å². The van der Waals surface area contributed by atoms with E-state index in [1.165, 1.54) is 36.9 Å². The molecule has 0 spiro atoms. The maximum Gasteiger partial charge on any atom is 0.358 e. The van der Waals surface area contributed by atoms with Crippen LogP contribution in [0.1, 0.15) is 77.3 Å². The lowest BCUT2D eigenvalue weighted by molar-refractivity contribution is 0.0518. The summed E-state index contributed by atoms with van der Waals surface area (Å²) in [5.74, 6) is 1.24. The zero-order chi connectivity index (χ0) is 20.8. The van der Waals surface area contributed by atoms with Crippen LogP contribution in [0.3, 0.4) is 0 Å². The van der Waals surface area contributed by atoms with Crippen molar-refractivity contribution in [2.24, 2.45) is 0 Å². The summed E-state index contributed by atoms with van der Waals surface area (Å²) in [6.45, 7) is 4.89. The minimum absolute atomic E-state index is 0.251. The minimum atomic E-state index is -0.353. The topological polar surface area (TPSA) is 47.4 Å². The van der Waals surface area contributed by atoms with Crippen LogP contribution in [-0.4, -0.2) is 39.7 Å². The molecule has 158 valence electrons. The number of carbonyl (C=O) groups excluding carboxylic acids is 1. The first kappa shape index (κ1) is 19.7. The smallest absolute Gasteiger partial charge is 0.358 e. The number of esters is 1. The second kappa shape index (κ2) is 7.80. The fourth-order valence-electron chi connectivity index (χ4n) is 4.31. The lowest BCUT2D eigenvalue weighted by Gasteiger charge is -2.25. The van der Waals surface area contributed by atoms with E-state index in [9.17, 15) is 4.79 Å². The Labute approximate surface area is 182 Å². The van der Waals surface area contributed by atoms with Gasteiger partial charge in [-0.2, -0.15) is 5.10 Å². The van der Waals surface area contributed by atoms with Crippen LogP contribution in [0.5, 0.6) is 0 Å². The molecule has 2 aromatic rings. The van der Waals surface area contributed by atoms with Gasteiger partial charge in [-0.1, -0.05) is 12.1 Å². The summed E-state index contributed by atoms with van der Waals surface area (Å²) in [6.07, 6.45) is 5.40. The summed E-state index contributed by atoms with van der Waals surface area (Å²) >= 11 is 1.82. The highest BCUT2D eigenvalue weighted by atomic mass is 32.2. The summed E-state index contributed by atoms with van der Waals surface area (Å²) in [5, 5.41) is 7.01. The number of thioether (sulfide) groups is 1. The molecule has 2 aliphatic carbocycles. The zero-order valence-corrected chi connectivity index (χ0v) is 18.7. The second-order valence-corrected chi connectivity index (χ2v) is 9.72. The molecule has 3 aliphatic rings. The van der Waals surface area contributed by atoms with Crippen molar-refractivity contribution in [1.29, 1.82) is 0 Å². The molecule has 2 heterocycles. The zero-order valence-electron chi connectivity index (χ0n) is 17.9. The van der Waals surface area contributed by atoms with E-state index in [1.54, 1.807) is 11.1 Å². The number of likely N-dealkylation sites (N-methyl/N-ethyl adjacent to an activating group) is 1. The second-order valence-electron chi connectivity index (χ2n) is 8.67. The van der Waals surface area contributed by atoms with E-state index in [2.05, 4.69) is 40.7 Å². The Bertz CT molecular complexity index is 1000. The molecule has 6 heteroatoms. The predicted octanol–water partition coefficient (Wildman–Crippen LogP) is 5.13. The molecule has 1 atom stereocenters. The number of ether oxygens (including phenoxy) is 1. The van der Waals surface area contributed by atoms with Gasteiger partial charge in [0.05, 0.1) is 24.2 Å². The number of hydrogen-bond donors (Lipinski definition) is 0. The van der Waals surface area contributed by atoms with E-state index in [-0.39, 0.29) is 11.3 Å². The van der Waals surface area contributed by atoms with Gasteiger partial charge in [0, 0.05) is 12.7 Å². The SMILES string of the molecule is CCOC(=O)c1cc(C)n(CC2SC=C(c3ccc(C4CC4)c(C4CC4)c3)N2C)n1. The highest BCUT2D eigenvalue weighted by molar-refractivity contribution is 8.03. The van der Waals surface area contributed by atoms with Crippen molar-refractivity contribution in [2.45, 2.75) is 63.3 Å². The van der Waals surface area contributed by atoms with Crippen molar-refractivity contribution < 1.29 is 9.53 Å². The Hall–Kier alpha value is -2.21. The molecular formula is C24H29N3O2S. The molecule has 0 N–H and O–H groups in total. The first-order valence-electron chi connectivity index (χ1n) is 11.0. The molecule has 0 radical (unpaired) electrons. The fraction of sp³-hybridized carbons (Fsp3) is 0.500. The largest absolute Gasteiger partial charge is 0.461 e. The van der Waals surface area contributed by atoms with Crippen molar-refractivity contribution >= 4 is 23.4 Å². The van der Waals surface area contributed by atoms with Gasteiger partial charge in [0.15, 0.2) is 5.69 Å². The molecule has 5 rings (SSSR count). The van der Waals surface area contributed by atoms with Gasteiger partial charge in [-0.05, 0) is 85.6 Å². The van der Waals surface area contributed by atoms with Gasteiger partial charge in [0.1, 0.15) is 0 Å². The summed E-state index contributed by atoms with van der Waals surface area (Å²) in [7, 11) is 2.16. The molecule has 2 fully saturated rings. The van der Waals surface area contributed by atoms with E-state index >= 15 is 0 Å². The maximum absolute atomic E-state index is 12.0. The molecular weight excluding hydrogens is 394 g/mol. The fourth-order valence-corrected chi connectivity index (χ4v) is 5.42. The third kappa shape index (κ3) is 3.78. The summed E-state index contributed by atoms with van der Waals surface area (Å²) in [4.78, 5) is 14.3. The lowest BCUT2D eigenvalue weighted by atomic mass is 9.96. The van der Waals surface area contributed by atoms with Crippen LogP contribution < -0.4 is 0 Å². The van der Waals surface area contributed by atoms with Gasteiger partial charge < -0.3 is 9.64 Å². The van der Waals surface area contributed by atoms with Gasteiger partial charge in [0.25, 0.3) is 0 Å². The average Bonchev–Trinajstić information content (AvgIpc) is 3.65. The van der Waals surface area contributed by atoms with Gasteiger partial charge >= 0.3 is 5.97 Å². The minimum Gasteiger partial charge on any atom is -0.461 e. The highest BCUT2D eigenvalue weighted by Crippen LogP contribution is 2.50. The average molecular weight is 424 g/mol. The third-order valence-electron chi connectivity index (χ3n) is 6.36. The van der Waals surface area contributed by atoms with Crippen molar-refractivity contribution in [3.8, 4) is 0 Å². The van der Waals surface area contributed by atoms with Crippen LogP contribution in [0, 0.1) is 6.92 Å². The predicted molar refractivity (Wildman–Crippen MR) is 120 cm³/mol. The van der Waals surface area contributed by atoms with Gasteiger partial charge in [0.2, 0.25) is 0 Å². The number of rotatable bonds is 7. The molecule has 1 aliphatic heterocycles. The Morgan fingerprint density at radius 3 is 2.60 bits per heavy atom. The highest BCUT2D eigenvalue weighted by Gasteiger charge is 2.34. The molecule has 0 saturated heterocycles. The van der Waals surface area contributed by atoms with Crippen LogP contribution in [-0.2, 0) is 11.3 Å². The molecule has 0 amide bonds.